The van der Waals surface area contributed by atoms with Gasteiger partial charge in [-0.3, -0.25) is 0 Å². The Labute approximate surface area is 121 Å². The largest absolute Gasteiger partial charge is 0.382 e. The first kappa shape index (κ1) is 13.9. The van der Waals surface area contributed by atoms with E-state index in [1.807, 2.05) is 6.92 Å². The van der Waals surface area contributed by atoms with Crippen molar-refractivity contribution in [3.8, 4) is 0 Å². The maximum atomic E-state index is 13.5. The molecular weight excluding hydrogens is 251 g/mol. The van der Waals surface area contributed by atoms with E-state index in [0.29, 0.717) is 18.0 Å². The minimum Gasteiger partial charge on any atom is -0.382 e. The zero-order valence-electron chi connectivity index (χ0n) is 12.3. The third kappa shape index (κ3) is 3.14. The highest BCUT2D eigenvalue weighted by atomic mass is 19.1. The van der Waals surface area contributed by atoms with Gasteiger partial charge < -0.3 is 10.6 Å². The molecule has 0 radical (unpaired) electrons. The zero-order chi connectivity index (χ0) is 13.9. The van der Waals surface area contributed by atoms with Crippen molar-refractivity contribution >= 4 is 5.69 Å². The molecule has 3 rings (SSSR count). The van der Waals surface area contributed by atoms with Crippen LogP contribution in [0.15, 0.2) is 18.2 Å². The number of rotatable bonds is 3. The smallest absolute Gasteiger partial charge is 0.125 e. The van der Waals surface area contributed by atoms with Gasteiger partial charge in [0.05, 0.1) is 0 Å². The molecular formula is C17H25FN2. The lowest BCUT2D eigenvalue weighted by molar-refractivity contribution is 0.262. The summed E-state index contributed by atoms with van der Waals surface area (Å²) < 4.78 is 13.5. The van der Waals surface area contributed by atoms with Crippen molar-refractivity contribution in [1.29, 1.82) is 0 Å². The Morgan fingerprint density at radius 2 is 1.95 bits per heavy atom. The van der Waals surface area contributed by atoms with E-state index in [2.05, 4.69) is 16.7 Å². The van der Waals surface area contributed by atoms with Gasteiger partial charge in [-0.15, -0.1) is 0 Å². The fourth-order valence-corrected chi connectivity index (χ4v) is 3.93. The van der Waals surface area contributed by atoms with E-state index in [-0.39, 0.29) is 5.82 Å². The van der Waals surface area contributed by atoms with E-state index in [9.17, 15) is 4.39 Å². The summed E-state index contributed by atoms with van der Waals surface area (Å²) in [6.07, 6.45) is 7.72. The van der Waals surface area contributed by atoms with Crippen molar-refractivity contribution in [1.82, 2.24) is 5.32 Å². The summed E-state index contributed by atoms with van der Waals surface area (Å²) in [5, 5.41) is 7.26. The topological polar surface area (TPSA) is 24.1 Å². The fraction of sp³-hybridized carbons (Fsp3) is 0.647. The van der Waals surface area contributed by atoms with Gasteiger partial charge in [0, 0.05) is 17.8 Å². The Morgan fingerprint density at radius 1 is 1.10 bits per heavy atom. The van der Waals surface area contributed by atoms with Gasteiger partial charge in [0.25, 0.3) is 0 Å². The van der Waals surface area contributed by atoms with Crippen LogP contribution in [0.2, 0.25) is 0 Å². The van der Waals surface area contributed by atoms with Crippen LogP contribution in [0.4, 0.5) is 10.1 Å². The summed E-state index contributed by atoms with van der Waals surface area (Å²) >= 11 is 0. The third-order valence-corrected chi connectivity index (χ3v) is 4.83. The second-order valence-corrected chi connectivity index (χ2v) is 6.42. The van der Waals surface area contributed by atoms with Crippen LogP contribution in [0.25, 0.3) is 0 Å². The molecule has 3 heteroatoms. The minimum absolute atomic E-state index is 0.140. The van der Waals surface area contributed by atoms with E-state index >= 15 is 0 Å². The van der Waals surface area contributed by atoms with E-state index < -0.39 is 0 Å². The summed E-state index contributed by atoms with van der Waals surface area (Å²) in [5.74, 6) is 0.550. The maximum absolute atomic E-state index is 13.5. The fourth-order valence-electron chi connectivity index (χ4n) is 3.93. The Bertz CT molecular complexity index is 434. The molecule has 0 amide bonds. The SMILES string of the molecule is Cc1cc(F)cc(NC2CCCCC2C2CCCN2)c1. The molecule has 1 aromatic carbocycles. The molecule has 3 atom stereocenters. The first-order chi connectivity index (χ1) is 9.72. The van der Waals surface area contributed by atoms with Gasteiger partial charge in [0.2, 0.25) is 0 Å². The summed E-state index contributed by atoms with van der Waals surface area (Å²) in [7, 11) is 0. The van der Waals surface area contributed by atoms with Crippen molar-refractivity contribution in [2.75, 3.05) is 11.9 Å². The van der Waals surface area contributed by atoms with E-state index in [0.717, 1.165) is 17.8 Å². The van der Waals surface area contributed by atoms with E-state index in [1.165, 1.54) is 38.5 Å². The molecule has 1 aliphatic carbocycles. The highest BCUT2D eigenvalue weighted by molar-refractivity contribution is 5.47. The Balaban J connectivity index is 1.72. The third-order valence-electron chi connectivity index (χ3n) is 4.83. The normalized spacial score (nSPS) is 30.4. The van der Waals surface area contributed by atoms with Crippen LogP contribution in [0.3, 0.4) is 0 Å². The van der Waals surface area contributed by atoms with Crippen LogP contribution in [0.5, 0.6) is 0 Å². The van der Waals surface area contributed by atoms with Gasteiger partial charge in [-0.2, -0.15) is 0 Å². The lowest BCUT2D eigenvalue weighted by atomic mass is 9.79. The number of hydrogen-bond acceptors (Lipinski definition) is 2. The predicted molar refractivity (Wildman–Crippen MR) is 81.5 cm³/mol. The molecule has 2 fully saturated rings. The average Bonchev–Trinajstić information content (AvgIpc) is 2.92. The summed E-state index contributed by atoms with van der Waals surface area (Å²) in [6, 6.07) is 6.41. The first-order valence-corrected chi connectivity index (χ1v) is 7.99. The molecule has 0 aromatic heterocycles. The van der Waals surface area contributed by atoms with E-state index in [4.69, 9.17) is 0 Å². The molecule has 0 spiro atoms. The van der Waals surface area contributed by atoms with Gasteiger partial charge in [-0.1, -0.05) is 12.8 Å². The number of benzene rings is 1. The van der Waals surface area contributed by atoms with E-state index in [1.54, 1.807) is 12.1 Å². The van der Waals surface area contributed by atoms with Gasteiger partial charge in [0.1, 0.15) is 5.82 Å². The minimum atomic E-state index is -0.140. The van der Waals surface area contributed by atoms with Crippen molar-refractivity contribution in [3.05, 3.63) is 29.6 Å². The van der Waals surface area contributed by atoms with Gasteiger partial charge in [0.15, 0.2) is 0 Å². The Morgan fingerprint density at radius 3 is 2.70 bits per heavy atom. The van der Waals surface area contributed by atoms with Crippen LogP contribution in [-0.2, 0) is 0 Å². The molecule has 3 unspecified atom stereocenters. The lowest BCUT2D eigenvalue weighted by Gasteiger charge is -2.37. The second kappa shape index (κ2) is 6.13. The molecule has 2 nitrogen and oxygen atoms in total. The molecule has 1 saturated heterocycles. The van der Waals surface area contributed by atoms with Crippen LogP contribution >= 0.6 is 0 Å². The average molecular weight is 276 g/mol. The Hall–Kier alpha value is -1.09. The monoisotopic (exact) mass is 276 g/mol. The number of hydrogen-bond donors (Lipinski definition) is 2. The molecule has 1 saturated carbocycles. The maximum Gasteiger partial charge on any atom is 0.125 e. The van der Waals surface area contributed by atoms with Crippen molar-refractivity contribution in [2.24, 2.45) is 5.92 Å². The molecule has 1 aliphatic heterocycles. The Kier molecular flexibility index (Phi) is 4.25. The quantitative estimate of drug-likeness (QED) is 0.876. The summed E-state index contributed by atoms with van der Waals surface area (Å²) in [5.41, 5.74) is 1.93. The molecule has 1 heterocycles. The lowest BCUT2D eigenvalue weighted by Crippen LogP contribution is -2.43. The van der Waals surface area contributed by atoms with Crippen molar-refractivity contribution < 1.29 is 4.39 Å². The highest BCUT2D eigenvalue weighted by Gasteiger charge is 2.33. The summed E-state index contributed by atoms with van der Waals surface area (Å²) in [4.78, 5) is 0. The van der Waals surface area contributed by atoms with Gasteiger partial charge in [-0.05, 0) is 68.8 Å². The highest BCUT2D eigenvalue weighted by Crippen LogP contribution is 2.32. The standard InChI is InChI=1S/C17H25FN2/c1-12-9-13(18)11-14(10-12)20-17-6-3-2-5-15(17)16-7-4-8-19-16/h9-11,15-17,19-20H,2-8H2,1H3. The molecule has 2 N–H and O–H groups in total. The number of halogens is 1. The number of anilines is 1. The summed E-state index contributed by atoms with van der Waals surface area (Å²) in [6.45, 7) is 3.11. The van der Waals surface area contributed by atoms with Crippen molar-refractivity contribution in [2.45, 2.75) is 57.5 Å². The predicted octanol–water partition coefficient (Wildman–Crippen LogP) is 3.86. The molecule has 110 valence electrons. The van der Waals surface area contributed by atoms with Crippen LogP contribution < -0.4 is 10.6 Å². The van der Waals surface area contributed by atoms with Gasteiger partial charge in [-0.25, -0.2) is 4.39 Å². The van der Waals surface area contributed by atoms with Gasteiger partial charge >= 0.3 is 0 Å². The number of aryl methyl sites for hydroxylation is 1. The van der Waals surface area contributed by atoms with Crippen LogP contribution in [0, 0.1) is 18.7 Å². The molecule has 1 aromatic rings. The first-order valence-electron chi connectivity index (χ1n) is 7.99. The molecule has 0 bridgehead atoms. The molecule has 2 aliphatic rings. The molecule has 20 heavy (non-hydrogen) atoms. The number of nitrogens with one attached hydrogen (secondary N) is 2. The van der Waals surface area contributed by atoms with Crippen molar-refractivity contribution in [3.63, 3.8) is 0 Å². The second-order valence-electron chi connectivity index (χ2n) is 6.42. The van der Waals surface area contributed by atoms with Crippen LogP contribution in [-0.4, -0.2) is 18.6 Å². The zero-order valence-corrected chi connectivity index (χ0v) is 12.3. The van der Waals surface area contributed by atoms with Crippen LogP contribution in [0.1, 0.15) is 44.1 Å².